The summed E-state index contributed by atoms with van der Waals surface area (Å²) in [6.07, 6.45) is 6.06. The van der Waals surface area contributed by atoms with Crippen molar-refractivity contribution < 1.29 is 23.2 Å². The zero-order valence-electron chi connectivity index (χ0n) is 19.0. The molecule has 178 valence electrons. The van der Waals surface area contributed by atoms with E-state index in [1.54, 1.807) is 18.2 Å². The number of carbonyl (C=O) groups is 1. The van der Waals surface area contributed by atoms with E-state index in [1.807, 2.05) is 4.90 Å². The standard InChI is InChI=1S/C25H32FN3O4/c26-22-10-4-3-9-20(22)23-21(25(33-27-23)28-11-14-31-15-12-28)17-29(16-19-8-5-13-32-19)24(30)18-6-1-2-7-18/h3-4,9-10,18-19H,1-2,5-8,11-17H2. The molecule has 2 aromatic rings. The Morgan fingerprint density at radius 3 is 2.61 bits per heavy atom. The summed E-state index contributed by atoms with van der Waals surface area (Å²) in [5, 5.41) is 4.30. The van der Waals surface area contributed by atoms with E-state index in [2.05, 4.69) is 10.1 Å². The molecule has 3 fully saturated rings. The molecule has 1 saturated carbocycles. The minimum absolute atomic E-state index is 0.0407. The molecule has 3 aliphatic rings. The molecular weight excluding hydrogens is 425 g/mol. The van der Waals surface area contributed by atoms with Crippen molar-refractivity contribution in [1.29, 1.82) is 0 Å². The van der Waals surface area contributed by atoms with Gasteiger partial charge in [0.25, 0.3) is 0 Å². The Labute approximate surface area is 193 Å². The first kappa shape index (κ1) is 22.3. The van der Waals surface area contributed by atoms with Crippen LogP contribution in [0.1, 0.15) is 44.1 Å². The molecule has 1 aromatic heterocycles. The van der Waals surface area contributed by atoms with Crippen LogP contribution < -0.4 is 4.90 Å². The van der Waals surface area contributed by atoms with Gasteiger partial charge in [-0.1, -0.05) is 30.1 Å². The number of morpholine rings is 1. The van der Waals surface area contributed by atoms with Gasteiger partial charge in [-0.2, -0.15) is 0 Å². The molecule has 0 spiro atoms. The van der Waals surface area contributed by atoms with Gasteiger partial charge in [0.05, 0.1) is 31.4 Å². The Hall–Kier alpha value is -2.45. The lowest BCUT2D eigenvalue weighted by atomic mass is 10.0. The first-order chi connectivity index (χ1) is 16.2. The second-order valence-corrected chi connectivity index (χ2v) is 9.23. The number of ether oxygens (including phenoxy) is 2. The fraction of sp³-hybridized carbons (Fsp3) is 0.600. The van der Waals surface area contributed by atoms with Crippen molar-refractivity contribution in [3.63, 3.8) is 0 Å². The molecule has 1 amide bonds. The van der Waals surface area contributed by atoms with E-state index in [0.29, 0.717) is 56.5 Å². The minimum Gasteiger partial charge on any atom is -0.378 e. The van der Waals surface area contributed by atoms with E-state index in [9.17, 15) is 9.18 Å². The van der Waals surface area contributed by atoms with E-state index in [-0.39, 0.29) is 23.7 Å². The Balaban J connectivity index is 1.50. The largest absolute Gasteiger partial charge is 0.378 e. The van der Waals surface area contributed by atoms with Crippen LogP contribution in [-0.4, -0.2) is 61.5 Å². The van der Waals surface area contributed by atoms with E-state index >= 15 is 0 Å². The summed E-state index contributed by atoms with van der Waals surface area (Å²) in [5.74, 6) is 0.466. The second kappa shape index (κ2) is 10.2. The zero-order valence-corrected chi connectivity index (χ0v) is 19.0. The lowest BCUT2D eigenvalue weighted by molar-refractivity contribution is -0.137. The number of aromatic nitrogens is 1. The lowest BCUT2D eigenvalue weighted by Crippen LogP contribution is -2.41. The van der Waals surface area contributed by atoms with Crippen LogP contribution in [0.15, 0.2) is 28.8 Å². The molecule has 1 atom stereocenters. The third-order valence-electron chi connectivity index (χ3n) is 7.01. The van der Waals surface area contributed by atoms with Crippen LogP contribution in [0.3, 0.4) is 0 Å². The van der Waals surface area contributed by atoms with Crippen molar-refractivity contribution in [2.45, 2.75) is 51.2 Å². The Morgan fingerprint density at radius 2 is 1.88 bits per heavy atom. The van der Waals surface area contributed by atoms with Gasteiger partial charge in [0.2, 0.25) is 11.8 Å². The van der Waals surface area contributed by atoms with Crippen LogP contribution in [0.4, 0.5) is 10.3 Å². The number of nitrogens with zero attached hydrogens (tertiary/aromatic N) is 3. The Bertz CT molecular complexity index is 947. The third kappa shape index (κ3) is 4.92. The van der Waals surface area contributed by atoms with Gasteiger partial charge >= 0.3 is 0 Å². The monoisotopic (exact) mass is 457 g/mol. The first-order valence-corrected chi connectivity index (χ1v) is 12.2. The molecule has 0 N–H and O–H groups in total. The minimum atomic E-state index is -0.353. The normalized spacial score (nSPS) is 21.6. The maximum atomic E-state index is 14.8. The van der Waals surface area contributed by atoms with Gasteiger partial charge < -0.3 is 23.8 Å². The maximum Gasteiger partial charge on any atom is 0.233 e. The molecule has 2 aliphatic heterocycles. The molecule has 3 heterocycles. The number of halogens is 1. The number of carbonyl (C=O) groups excluding carboxylic acids is 1. The molecule has 0 radical (unpaired) electrons. The Morgan fingerprint density at radius 1 is 1.09 bits per heavy atom. The van der Waals surface area contributed by atoms with Crippen molar-refractivity contribution in [2.24, 2.45) is 5.92 Å². The number of amides is 1. The SMILES string of the molecule is O=C(C1CCCC1)N(Cc1c(-c2ccccc2F)noc1N1CCOCC1)CC1CCCO1. The van der Waals surface area contributed by atoms with Crippen LogP contribution >= 0.6 is 0 Å². The van der Waals surface area contributed by atoms with Gasteiger partial charge in [-0.05, 0) is 37.8 Å². The van der Waals surface area contributed by atoms with Gasteiger partial charge in [-0.3, -0.25) is 4.79 Å². The quantitative estimate of drug-likeness (QED) is 0.626. The Kier molecular flexibility index (Phi) is 6.92. The van der Waals surface area contributed by atoms with E-state index in [4.69, 9.17) is 14.0 Å². The topological polar surface area (TPSA) is 68.0 Å². The summed E-state index contributed by atoms with van der Waals surface area (Å²) in [6, 6.07) is 6.59. The second-order valence-electron chi connectivity index (χ2n) is 9.23. The highest BCUT2D eigenvalue weighted by molar-refractivity contribution is 5.80. The van der Waals surface area contributed by atoms with Gasteiger partial charge in [0.1, 0.15) is 11.5 Å². The predicted octanol–water partition coefficient (Wildman–Crippen LogP) is 4.02. The highest BCUT2D eigenvalue weighted by Crippen LogP contribution is 2.35. The number of rotatable bonds is 7. The molecule has 1 aliphatic carbocycles. The van der Waals surface area contributed by atoms with Crippen LogP contribution in [0, 0.1) is 11.7 Å². The molecule has 0 bridgehead atoms. The fourth-order valence-corrected chi connectivity index (χ4v) is 5.21. The van der Waals surface area contributed by atoms with Crippen LogP contribution in [0.2, 0.25) is 0 Å². The lowest BCUT2D eigenvalue weighted by Gasteiger charge is -2.30. The van der Waals surface area contributed by atoms with Crippen molar-refractivity contribution in [3.8, 4) is 11.3 Å². The molecule has 7 nitrogen and oxygen atoms in total. The number of hydrogen-bond donors (Lipinski definition) is 0. The summed E-state index contributed by atoms with van der Waals surface area (Å²) in [4.78, 5) is 17.6. The summed E-state index contributed by atoms with van der Waals surface area (Å²) in [5.41, 5.74) is 1.61. The van der Waals surface area contributed by atoms with Gasteiger partial charge in [0, 0.05) is 37.7 Å². The highest BCUT2D eigenvalue weighted by atomic mass is 19.1. The number of benzene rings is 1. The van der Waals surface area contributed by atoms with E-state index in [1.165, 1.54) is 6.07 Å². The number of hydrogen-bond acceptors (Lipinski definition) is 6. The van der Waals surface area contributed by atoms with Crippen LogP contribution in [0.25, 0.3) is 11.3 Å². The summed E-state index contributed by atoms with van der Waals surface area (Å²) in [6.45, 7) is 4.13. The summed E-state index contributed by atoms with van der Waals surface area (Å²) >= 11 is 0. The van der Waals surface area contributed by atoms with Crippen LogP contribution in [-0.2, 0) is 20.8 Å². The number of anilines is 1. The summed E-state index contributed by atoms with van der Waals surface area (Å²) < 4.78 is 31.9. The van der Waals surface area contributed by atoms with E-state index < -0.39 is 0 Å². The molecule has 33 heavy (non-hydrogen) atoms. The third-order valence-corrected chi connectivity index (χ3v) is 7.01. The van der Waals surface area contributed by atoms with Gasteiger partial charge in [-0.25, -0.2) is 4.39 Å². The smallest absolute Gasteiger partial charge is 0.233 e. The molecule has 1 aromatic carbocycles. The molecule has 8 heteroatoms. The zero-order chi connectivity index (χ0) is 22.6. The van der Waals surface area contributed by atoms with Gasteiger partial charge in [0.15, 0.2) is 0 Å². The molecule has 5 rings (SSSR count). The molecule has 1 unspecified atom stereocenters. The van der Waals surface area contributed by atoms with Crippen molar-refractivity contribution in [3.05, 3.63) is 35.6 Å². The fourth-order valence-electron chi connectivity index (χ4n) is 5.21. The van der Waals surface area contributed by atoms with E-state index in [0.717, 1.165) is 50.7 Å². The van der Waals surface area contributed by atoms with Crippen LogP contribution in [0.5, 0.6) is 0 Å². The highest BCUT2D eigenvalue weighted by Gasteiger charge is 2.33. The summed E-state index contributed by atoms with van der Waals surface area (Å²) in [7, 11) is 0. The van der Waals surface area contributed by atoms with Crippen molar-refractivity contribution >= 4 is 11.8 Å². The average Bonchev–Trinajstić information content (AvgIpc) is 3.62. The molecule has 2 saturated heterocycles. The molecular formula is C25H32FN3O4. The predicted molar refractivity (Wildman–Crippen MR) is 121 cm³/mol. The first-order valence-electron chi connectivity index (χ1n) is 12.2. The van der Waals surface area contributed by atoms with Crippen molar-refractivity contribution in [1.82, 2.24) is 10.1 Å². The maximum absolute atomic E-state index is 14.8. The average molecular weight is 458 g/mol. The van der Waals surface area contributed by atoms with Gasteiger partial charge in [-0.15, -0.1) is 0 Å². The van der Waals surface area contributed by atoms with Crippen molar-refractivity contribution in [2.75, 3.05) is 44.4 Å².